The van der Waals surface area contributed by atoms with Gasteiger partial charge in [0.15, 0.2) is 0 Å². The lowest BCUT2D eigenvalue weighted by atomic mass is 9.99. The summed E-state index contributed by atoms with van der Waals surface area (Å²) in [4.78, 5) is 13.9. The first-order valence-electron chi connectivity index (χ1n) is 6.38. The van der Waals surface area contributed by atoms with Crippen LogP contribution in [0.15, 0.2) is 30.3 Å². The smallest absolute Gasteiger partial charge is 0.246 e. The molecule has 1 amide bonds. The van der Waals surface area contributed by atoms with Crippen LogP contribution in [0.5, 0.6) is 0 Å². The lowest BCUT2D eigenvalue weighted by molar-refractivity contribution is -0.127. The largest absolute Gasteiger partial charge is 0.339 e. The van der Waals surface area contributed by atoms with E-state index in [1.807, 2.05) is 29.2 Å². The van der Waals surface area contributed by atoms with Gasteiger partial charge in [-0.3, -0.25) is 4.79 Å². The first-order valence-corrected chi connectivity index (χ1v) is 6.76. The average Bonchev–Trinajstić information content (AvgIpc) is 2.38. The molecule has 0 atom stereocenters. The van der Waals surface area contributed by atoms with Crippen molar-refractivity contribution in [2.24, 2.45) is 5.92 Å². The van der Waals surface area contributed by atoms with E-state index in [0.29, 0.717) is 5.02 Å². The number of hydrogen-bond donors (Lipinski definition) is 0. The summed E-state index contributed by atoms with van der Waals surface area (Å²) in [6.45, 7) is 3.97. The number of likely N-dealkylation sites (tertiary alicyclic amines) is 1. The number of piperidine rings is 1. The standard InChI is InChI=1S/C15H18ClNO/c1-12-8-10-17(11-9-12)15(18)7-6-13-4-2-3-5-14(13)16/h2-7,12H,8-11H2,1H3/b7-6+. The average molecular weight is 264 g/mol. The second kappa shape index (κ2) is 6.05. The normalized spacial score (nSPS) is 17.3. The van der Waals surface area contributed by atoms with Crippen LogP contribution in [0.25, 0.3) is 6.08 Å². The van der Waals surface area contributed by atoms with Gasteiger partial charge in [0, 0.05) is 24.2 Å². The van der Waals surface area contributed by atoms with Gasteiger partial charge in [-0.2, -0.15) is 0 Å². The van der Waals surface area contributed by atoms with E-state index in [1.54, 1.807) is 12.2 Å². The van der Waals surface area contributed by atoms with Crippen LogP contribution in [0.3, 0.4) is 0 Å². The molecule has 0 radical (unpaired) electrons. The molecule has 0 aromatic heterocycles. The second-order valence-corrected chi connectivity index (χ2v) is 5.27. The molecule has 1 heterocycles. The molecule has 0 saturated carbocycles. The van der Waals surface area contributed by atoms with Crippen LogP contribution in [-0.4, -0.2) is 23.9 Å². The van der Waals surface area contributed by atoms with Crippen LogP contribution in [0.1, 0.15) is 25.3 Å². The Morgan fingerprint density at radius 2 is 2.00 bits per heavy atom. The summed E-state index contributed by atoms with van der Waals surface area (Å²) in [5.41, 5.74) is 0.887. The molecule has 2 nitrogen and oxygen atoms in total. The summed E-state index contributed by atoms with van der Waals surface area (Å²) in [6, 6.07) is 7.53. The van der Waals surface area contributed by atoms with Gasteiger partial charge in [0.1, 0.15) is 0 Å². The Bertz CT molecular complexity index is 448. The number of nitrogens with zero attached hydrogens (tertiary/aromatic N) is 1. The fourth-order valence-electron chi connectivity index (χ4n) is 2.11. The molecule has 0 spiro atoms. The van der Waals surface area contributed by atoms with E-state index in [-0.39, 0.29) is 5.91 Å². The summed E-state index contributed by atoms with van der Waals surface area (Å²) in [5, 5.41) is 0.675. The van der Waals surface area contributed by atoms with E-state index in [2.05, 4.69) is 6.92 Å². The van der Waals surface area contributed by atoms with E-state index in [4.69, 9.17) is 11.6 Å². The predicted octanol–water partition coefficient (Wildman–Crippen LogP) is 3.61. The van der Waals surface area contributed by atoms with Gasteiger partial charge >= 0.3 is 0 Å². The molecule has 0 bridgehead atoms. The van der Waals surface area contributed by atoms with Crippen molar-refractivity contribution in [3.8, 4) is 0 Å². The highest BCUT2D eigenvalue weighted by Crippen LogP contribution is 2.18. The maximum Gasteiger partial charge on any atom is 0.246 e. The summed E-state index contributed by atoms with van der Waals surface area (Å²) in [6.07, 6.45) is 5.62. The topological polar surface area (TPSA) is 20.3 Å². The molecule has 0 unspecified atom stereocenters. The van der Waals surface area contributed by atoms with Gasteiger partial charge in [0.05, 0.1) is 0 Å². The molecule has 1 saturated heterocycles. The Labute approximate surface area is 113 Å². The first-order chi connectivity index (χ1) is 8.66. The Balaban J connectivity index is 1.97. The highest BCUT2D eigenvalue weighted by molar-refractivity contribution is 6.32. The van der Waals surface area contributed by atoms with Crippen molar-refractivity contribution >= 4 is 23.6 Å². The van der Waals surface area contributed by atoms with Gasteiger partial charge in [-0.05, 0) is 36.5 Å². The van der Waals surface area contributed by atoms with Gasteiger partial charge in [-0.1, -0.05) is 36.7 Å². The zero-order chi connectivity index (χ0) is 13.0. The number of amides is 1. The van der Waals surface area contributed by atoms with Crippen LogP contribution < -0.4 is 0 Å². The fourth-order valence-corrected chi connectivity index (χ4v) is 2.30. The van der Waals surface area contributed by atoms with Crippen molar-refractivity contribution in [1.29, 1.82) is 0 Å². The molecule has 1 fully saturated rings. The van der Waals surface area contributed by atoms with E-state index in [9.17, 15) is 4.79 Å². The van der Waals surface area contributed by atoms with Gasteiger partial charge in [-0.15, -0.1) is 0 Å². The van der Waals surface area contributed by atoms with E-state index >= 15 is 0 Å². The third-order valence-electron chi connectivity index (χ3n) is 3.41. The van der Waals surface area contributed by atoms with Crippen molar-refractivity contribution in [1.82, 2.24) is 4.90 Å². The maximum atomic E-state index is 12.0. The Morgan fingerprint density at radius 3 is 2.67 bits per heavy atom. The predicted molar refractivity (Wildman–Crippen MR) is 75.5 cm³/mol. The van der Waals surface area contributed by atoms with Crippen molar-refractivity contribution in [2.75, 3.05) is 13.1 Å². The molecule has 1 aromatic rings. The Kier molecular flexibility index (Phi) is 4.43. The lowest BCUT2D eigenvalue weighted by Gasteiger charge is -2.29. The molecule has 3 heteroatoms. The number of rotatable bonds is 2. The quantitative estimate of drug-likeness (QED) is 0.747. The fraction of sp³-hybridized carbons (Fsp3) is 0.400. The Hall–Kier alpha value is -1.28. The summed E-state index contributed by atoms with van der Waals surface area (Å²) >= 11 is 6.04. The number of carbonyl (C=O) groups excluding carboxylic acids is 1. The van der Waals surface area contributed by atoms with Crippen LogP contribution in [-0.2, 0) is 4.79 Å². The maximum absolute atomic E-state index is 12.0. The molecule has 2 rings (SSSR count). The molecule has 0 N–H and O–H groups in total. The molecule has 18 heavy (non-hydrogen) atoms. The highest BCUT2D eigenvalue weighted by Gasteiger charge is 2.18. The van der Waals surface area contributed by atoms with Gasteiger partial charge < -0.3 is 4.90 Å². The van der Waals surface area contributed by atoms with E-state index in [1.165, 1.54) is 0 Å². The first kappa shape index (κ1) is 13.2. The Morgan fingerprint density at radius 1 is 1.33 bits per heavy atom. The molecular formula is C15H18ClNO. The van der Waals surface area contributed by atoms with E-state index < -0.39 is 0 Å². The highest BCUT2D eigenvalue weighted by atomic mass is 35.5. The number of benzene rings is 1. The van der Waals surface area contributed by atoms with Crippen molar-refractivity contribution in [3.63, 3.8) is 0 Å². The number of hydrogen-bond acceptors (Lipinski definition) is 1. The minimum Gasteiger partial charge on any atom is -0.339 e. The summed E-state index contributed by atoms with van der Waals surface area (Å²) in [7, 11) is 0. The van der Waals surface area contributed by atoms with Crippen molar-refractivity contribution in [3.05, 3.63) is 40.9 Å². The van der Waals surface area contributed by atoms with Crippen LogP contribution in [0.2, 0.25) is 5.02 Å². The zero-order valence-corrected chi connectivity index (χ0v) is 11.4. The molecular weight excluding hydrogens is 246 g/mol. The third-order valence-corrected chi connectivity index (χ3v) is 3.75. The molecule has 1 aromatic carbocycles. The zero-order valence-electron chi connectivity index (χ0n) is 10.6. The number of halogens is 1. The molecule has 0 aliphatic carbocycles. The van der Waals surface area contributed by atoms with Crippen LogP contribution in [0, 0.1) is 5.92 Å². The lowest BCUT2D eigenvalue weighted by Crippen LogP contribution is -2.36. The second-order valence-electron chi connectivity index (χ2n) is 4.86. The molecule has 1 aliphatic rings. The molecule has 1 aliphatic heterocycles. The summed E-state index contributed by atoms with van der Waals surface area (Å²) in [5.74, 6) is 0.823. The third kappa shape index (κ3) is 3.36. The van der Waals surface area contributed by atoms with Crippen LogP contribution >= 0.6 is 11.6 Å². The van der Waals surface area contributed by atoms with Gasteiger partial charge in [0.25, 0.3) is 0 Å². The van der Waals surface area contributed by atoms with Crippen molar-refractivity contribution in [2.45, 2.75) is 19.8 Å². The monoisotopic (exact) mass is 263 g/mol. The SMILES string of the molecule is CC1CCN(C(=O)/C=C/c2ccccc2Cl)CC1. The summed E-state index contributed by atoms with van der Waals surface area (Å²) < 4.78 is 0. The number of carbonyl (C=O) groups is 1. The van der Waals surface area contributed by atoms with Gasteiger partial charge in [0.2, 0.25) is 5.91 Å². The van der Waals surface area contributed by atoms with Gasteiger partial charge in [-0.25, -0.2) is 0 Å². The minimum atomic E-state index is 0.0850. The van der Waals surface area contributed by atoms with Crippen molar-refractivity contribution < 1.29 is 4.79 Å². The molecule has 96 valence electrons. The van der Waals surface area contributed by atoms with E-state index in [0.717, 1.165) is 37.4 Å². The van der Waals surface area contributed by atoms with Crippen LogP contribution in [0.4, 0.5) is 0 Å². The minimum absolute atomic E-state index is 0.0850.